The van der Waals surface area contributed by atoms with Crippen molar-refractivity contribution in [2.45, 2.75) is 57.4 Å². The topological polar surface area (TPSA) is 61.9 Å². The van der Waals surface area contributed by atoms with Gasteiger partial charge in [-0.25, -0.2) is 4.39 Å². The summed E-state index contributed by atoms with van der Waals surface area (Å²) >= 11 is 0. The minimum absolute atomic E-state index is 0.0271. The molecule has 3 atom stereocenters. The molecular weight excluding hydrogens is 445 g/mol. The summed E-state index contributed by atoms with van der Waals surface area (Å²) in [6, 6.07) is 0.315. The maximum absolute atomic E-state index is 13.1. The Balaban J connectivity index is 1.55. The average Bonchev–Trinajstić information content (AvgIpc) is 3.38. The molecule has 3 aliphatic rings. The largest absolute Gasteiger partial charge is 0.381 e. The highest BCUT2D eigenvalue weighted by molar-refractivity contribution is 5.96. The minimum atomic E-state index is -0.579. The van der Waals surface area contributed by atoms with Crippen LogP contribution in [0.5, 0.6) is 0 Å². The first-order valence-electron chi connectivity index (χ1n) is 13.3. The number of nitrogens with one attached hydrogen (secondary N) is 1. The van der Waals surface area contributed by atoms with Crippen LogP contribution < -0.4 is 5.32 Å². The van der Waals surface area contributed by atoms with E-state index in [0.717, 1.165) is 37.9 Å². The number of alkyl halides is 1. The Morgan fingerprint density at radius 3 is 2.71 bits per heavy atom. The second-order valence-corrected chi connectivity index (χ2v) is 10.5. The number of nitrogens with zero attached hydrogens (tertiary/aromatic N) is 2. The lowest BCUT2D eigenvalue weighted by molar-refractivity contribution is -0.127. The van der Waals surface area contributed by atoms with Gasteiger partial charge in [0, 0.05) is 44.5 Å². The molecule has 6 nitrogen and oxygen atoms in total. The van der Waals surface area contributed by atoms with Gasteiger partial charge < -0.3 is 19.9 Å². The van der Waals surface area contributed by atoms with Gasteiger partial charge in [0.1, 0.15) is 6.67 Å². The summed E-state index contributed by atoms with van der Waals surface area (Å²) in [5, 5.41) is 2.59. The van der Waals surface area contributed by atoms with Crippen LogP contribution in [0.2, 0.25) is 0 Å². The van der Waals surface area contributed by atoms with Gasteiger partial charge in [-0.3, -0.25) is 9.59 Å². The van der Waals surface area contributed by atoms with Crippen LogP contribution in [0, 0.1) is 17.8 Å². The van der Waals surface area contributed by atoms with Crippen LogP contribution in [0.15, 0.2) is 36.0 Å². The molecule has 3 rings (SSSR count). The van der Waals surface area contributed by atoms with Crippen molar-refractivity contribution in [2.24, 2.45) is 17.8 Å². The van der Waals surface area contributed by atoms with Gasteiger partial charge in [-0.1, -0.05) is 30.4 Å². The number of likely N-dealkylation sites (tertiary alicyclic amines) is 1. The zero-order chi connectivity index (χ0) is 25.2. The van der Waals surface area contributed by atoms with Crippen molar-refractivity contribution in [1.82, 2.24) is 15.1 Å². The molecule has 0 aromatic rings. The molecule has 2 heterocycles. The number of hydrogen-bond acceptors (Lipinski definition) is 4. The predicted molar refractivity (Wildman–Crippen MR) is 138 cm³/mol. The van der Waals surface area contributed by atoms with E-state index in [1.54, 1.807) is 16.5 Å². The molecule has 2 saturated heterocycles. The molecule has 2 fully saturated rings. The molecule has 1 N–H and O–H groups in total. The van der Waals surface area contributed by atoms with E-state index < -0.39 is 6.67 Å². The first-order valence-corrected chi connectivity index (χ1v) is 13.3. The molecule has 0 bridgehead atoms. The molecule has 35 heavy (non-hydrogen) atoms. The third kappa shape index (κ3) is 8.01. The van der Waals surface area contributed by atoms with Crippen LogP contribution in [0.4, 0.5) is 4.39 Å². The summed E-state index contributed by atoms with van der Waals surface area (Å²) in [6.07, 6.45) is 14.5. The summed E-state index contributed by atoms with van der Waals surface area (Å²) in [6.45, 7) is 6.05. The molecule has 0 radical (unpaired) electrons. The SMILES string of the molecule is C=C/C(=C\CC(CC1=CCCC(C2CCOCC2)C1)N(C)C)C(=O)N1CC[C@H](C(=O)NCCF)C1. The Labute approximate surface area is 210 Å². The molecule has 2 unspecified atom stereocenters. The lowest BCUT2D eigenvalue weighted by Crippen LogP contribution is -2.35. The van der Waals surface area contributed by atoms with E-state index in [0.29, 0.717) is 31.1 Å². The maximum Gasteiger partial charge on any atom is 0.253 e. The molecule has 0 saturated carbocycles. The zero-order valence-electron chi connectivity index (χ0n) is 21.6. The van der Waals surface area contributed by atoms with Crippen molar-refractivity contribution in [3.63, 3.8) is 0 Å². The second kappa shape index (κ2) is 13.9. The third-order valence-electron chi connectivity index (χ3n) is 7.97. The zero-order valence-corrected chi connectivity index (χ0v) is 21.6. The quantitative estimate of drug-likeness (QED) is 0.272. The summed E-state index contributed by atoms with van der Waals surface area (Å²) < 4.78 is 17.9. The van der Waals surface area contributed by atoms with E-state index in [1.807, 2.05) is 6.08 Å². The lowest BCUT2D eigenvalue weighted by atomic mass is 9.75. The predicted octanol–water partition coefficient (Wildman–Crippen LogP) is 3.90. The van der Waals surface area contributed by atoms with Crippen molar-refractivity contribution >= 4 is 11.8 Å². The fraction of sp³-hybridized carbons (Fsp3) is 0.714. The monoisotopic (exact) mass is 489 g/mol. The number of amides is 2. The van der Waals surface area contributed by atoms with Crippen LogP contribution in [0.25, 0.3) is 0 Å². The van der Waals surface area contributed by atoms with Crippen molar-refractivity contribution in [3.05, 3.63) is 36.0 Å². The van der Waals surface area contributed by atoms with E-state index in [1.165, 1.54) is 32.1 Å². The molecule has 196 valence electrons. The molecule has 0 aromatic carbocycles. The van der Waals surface area contributed by atoms with Gasteiger partial charge in [0.25, 0.3) is 5.91 Å². The van der Waals surface area contributed by atoms with Gasteiger partial charge >= 0.3 is 0 Å². The molecular formula is C28H44FN3O3. The number of hydrogen-bond donors (Lipinski definition) is 1. The van der Waals surface area contributed by atoms with Gasteiger partial charge in [-0.2, -0.15) is 0 Å². The first kappa shape index (κ1) is 27.6. The molecule has 2 aliphatic heterocycles. The van der Waals surface area contributed by atoms with Gasteiger partial charge in [0.05, 0.1) is 5.92 Å². The molecule has 2 amide bonds. The first-order chi connectivity index (χ1) is 16.9. The average molecular weight is 490 g/mol. The smallest absolute Gasteiger partial charge is 0.253 e. The van der Waals surface area contributed by atoms with Crippen LogP contribution in [-0.2, 0) is 14.3 Å². The summed E-state index contributed by atoms with van der Waals surface area (Å²) in [5.41, 5.74) is 2.15. The highest BCUT2D eigenvalue weighted by atomic mass is 19.1. The molecule has 0 aromatic heterocycles. The third-order valence-corrected chi connectivity index (χ3v) is 7.97. The Morgan fingerprint density at radius 2 is 2.03 bits per heavy atom. The summed E-state index contributed by atoms with van der Waals surface area (Å²) in [4.78, 5) is 29.2. The van der Waals surface area contributed by atoms with Crippen molar-refractivity contribution in [1.29, 1.82) is 0 Å². The van der Waals surface area contributed by atoms with E-state index in [-0.39, 0.29) is 24.3 Å². The van der Waals surface area contributed by atoms with E-state index >= 15 is 0 Å². The highest BCUT2D eigenvalue weighted by Gasteiger charge is 2.32. The maximum atomic E-state index is 13.1. The normalized spacial score (nSPS) is 24.9. The molecule has 1 aliphatic carbocycles. The standard InChI is InChI=1S/C28H44FN3O3/c1-4-22(28(34)32-15-10-25(20-32)27(33)30-14-13-29)8-9-26(31(2)3)19-21-6-5-7-24(18-21)23-11-16-35-17-12-23/h4,6,8,23-26H,1,5,7,9-20H2,2-3H3,(H,30,33)/b22-8+/t24?,25-,26?/m0/s1. The summed E-state index contributed by atoms with van der Waals surface area (Å²) in [7, 11) is 4.21. The molecule has 7 heteroatoms. The van der Waals surface area contributed by atoms with Crippen LogP contribution in [-0.4, -0.2) is 81.3 Å². The number of ether oxygens (including phenoxy) is 1. The van der Waals surface area contributed by atoms with E-state index in [4.69, 9.17) is 4.74 Å². The van der Waals surface area contributed by atoms with Crippen molar-refractivity contribution in [2.75, 3.05) is 53.6 Å². The fourth-order valence-electron chi connectivity index (χ4n) is 5.74. The molecule has 0 spiro atoms. The van der Waals surface area contributed by atoms with Crippen molar-refractivity contribution in [3.8, 4) is 0 Å². The second-order valence-electron chi connectivity index (χ2n) is 10.5. The number of carbonyl (C=O) groups is 2. The van der Waals surface area contributed by atoms with Crippen molar-refractivity contribution < 1.29 is 18.7 Å². The Kier molecular flexibility index (Phi) is 11.0. The number of allylic oxidation sites excluding steroid dienone is 1. The minimum Gasteiger partial charge on any atom is -0.381 e. The number of halogens is 1. The van der Waals surface area contributed by atoms with Gasteiger partial charge in [0.15, 0.2) is 0 Å². The Morgan fingerprint density at radius 1 is 1.26 bits per heavy atom. The van der Waals surface area contributed by atoms with Gasteiger partial charge in [-0.05, 0) is 77.3 Å². The van der Waals surface area contributed by atoms with Crippen LogP contribution in [0.1, 0.15) is 51.4 Å². The number of rotatable bonds is 11. The highest BCUT2D eigenvalue weighted by Crippen LogP contribution is 2.37. The van der Waals surface area contributed by atoms with Gasteiger partial charge in [-0.15, -0.1) is 0 Å². The van der Waals surface area contributed by atoms with E-state index in [2.05, 4.69) is 37.0 Å². The Hall–Kier alpha value is -1.99. The Bertz CT molecular complexity index is 788. The van der Waals surface area contributed by atoms with Crippen LogP contribution >= 0.6 is 0 Å². The summed E-state index contributed by atoms with van der Waals surface area (Å²) in [5.74, 6) is 1.04. The van der Waals surface area contributed by atoms with Crippen LogP contribution in [0.3, 0.4) is 0 Å². The van der Waals surface area contributed by atoms with Gasteiger partial charge in [0.2, 0.25) is 5.91 Å². The fourth-order valence-corrected chi connectivity index (χ4v) is 5.74. The number of carbonyl (C=O) groups excluding carboxylic acids is 2. The van der Waals surface area contributed by atoms with E-state index in [9.17, 15) is 14.0 Å². The lowest BCUT2D eigenvalue weighted by Gasteiger charge is -2.34.